The summed E-state index contributed by atoms with van der Waals surface area (Å²) in [5.74, 6) is 1.47. The van der Waals surface area contributed by atoms with Gasteiger partial charge in [-0.1, -0.05) is 12.1 Å². The molecule has 0 saturated heterocycles. The van der Waals surface area contributed by atoms with Crippen molar-refractivity contribution < 1.29 is 14.2 Å². The van der Waals surface area contributed by atoms with Crippen molar-refractivity contribution in [1.29, 1.82) is 0 Å². The van der Waals surface area contributed by atoms with Gasteiger partial charge in [0, 0.05) is 13.5 Å². The fourth-order valence-electron chi connectivity index (χ4n) is 1.82. The van der Waals surface area contributed by atoms with E-state index in [1.54, 1.807) is 14.2 Å². The third-order valence-corrected chi connectivity index (χ3v) is 3.23. The van der Waals surface area contributed by atoms with Crippen LogP contribution in [0.3, 0.4) is 0 Å². The third-order valence-electron chi connectivity index (χ3n) is 2.80. The first kappa shape index (κ1) is 11.6. The number of hydrogen-bond donors (Lipinski definition) is 0. The van der Waals surface area contributed by atoms with E-state index in [4.69, 9.17) is 25.8 Å². The van der Waals surface area contributed by atoms with Crippen molar-refractivity contribution in [3.63, 3.8) is 0 Å². The van der Waals surface area contributed by atoms with Crippen LogP contribution in [-0.4, -0.2) is 31.8 Å². The van der Waals surface area contributed by atoms with Crippen molar-refractivity contribution >= 4 is 11.6 Å². The van der Waals surface area contributed by atoms with Gasteiger partial charge in [0.1, 0.15) is 12.2 Å². The Labute approximate surface area is 100 Å². The Hall–Kier alpha value is -0.930. The van der Waals surface area contributed by atoms with Gasteiger partial charge in [0.05, 0.1) is 12.5 Å². The highest BCUT2D eigenvalue weighted by molar-refractivity contribution is 6.21. The molecule has 0 N–H and O–H groups in total. The SMILES string of the molecule is COc1ccccc1OC1CC(Cl)C1OC. The Bertz CT molecular complexity index is 356. The smallest absolute Gasteiger partial charge is 0.161 e. The number of benzene rings is 1. The molecule has 1 saturated carbocycles. The van der Waals surface area contributed by atoms with E-state index in [1.807, 2.05) is 24.3 Å². The molecule has 1 aliphatic carbocycles. The highest BCUT2D eigenvalue weighted by atomic mass is 35.5. The lowest BCUT2D eigenvalue weighted by molar-refractivity contribution is -0.0590. The van der Waals surface area contributed by atoms with Gasteiger partial charge in [-0.25, -0.2) is 0 Å². The van der Waals surface area contributed by atoms with Crippen molar-refractivity contribution in [2.45, 2.75) is 24.0 Å². The minimum Gasteiger partial charge on any atom is -0.493 e. The molecule has 88 valence electrons. The Morgan fingerprint density at radius 1 is 1.19 bits per heavy atom. The number of para-hydroxylation sites is 2. The van der Waals surface area contributed by atoms with Gasteiger partial charge in [0.25, 0.3) is 0 Å². The zero-order chi connectivity index (χ0) is 11.5. The molecule has 3 nitrogen and oxygen atoms in total. The molecule has 1 aliphatic rings. The molecular formula is C12H15ClO3. The van der Waals surface area contributed by atoms with Crippen LogP contribution >= 0.6 is 11.6 Å². The summed E-state index contributed by atoms with van der Waals surface area (Å²) in [7, 11) is 3.28. The van der Waals surface area contributed by atoms with E-state index in [0.717, 1.165) is 17.9 Å². The van der Waals surface area contributed by atoms with E-state index in [1.165, 1.54) is 0 Å². The molecular weight excluding hydrogens is 228 g/mol. The quantitative estimate of drug-likeness (QED) is 0.760. The van der Waals surface area contributed by atoms with Crippen molar-refractivity contribution in [3.8, 4) is 11.5 Å². The average Bonchev–Trinajstić information content (AvgIpc) is 2.29. The summed E-state index contributed by atoms with van der Waals surface area (Å²) in [6.07, 6.45) is 0.786. The number of hydrogen-bond acceptors (Lipinski definition) is 3. The largest absolute Gasteiger partial charge is 0.493 e. The summed E-state index contributed by atoms with van der Waals surface area (Å²) in [4.78, 5) is 0. The lowest BCUT2D eigenvalue weighted by Gasteiger charge is -2.39. The summed E-state index contributed by atoms with van der Waals surface area (Å²) >= 11 is 6.01. The fraction of sp³-hybridized carbons (Fsp3) is 0.500. The normalized spacial score (nSPS) is 28.3. The molecule has 0 amide bonds. The summed E-state index contributed by atoms with van der Waals surface area (Å²) in [6.45, 7) is 0. The molecule has 0 spiro atoms. The van der Waals surface area contributed by atoms with Crippen molar-refractivity contribution in [2.24, 2.45) is 0 Å². The maximum atomic E-state index is 6.01. The highest BCUT2D eigenvalue weighted by Gasteiger charge is 2.42. The molecule has 0 aliphatic heterocycles. The van der Waals surface area contributed by atoms with Crippen molar-refractivity contribution in [2.75, 3.05) is 14.2 Å². The number of alkyl halides is 1. The Balaban J connectivity index is 2.04. The fourth-order valence-corrected chi connectivity index (χ4v) is 2.26. The summed E-state index contributed by atoms with van der Waals surface area (Å²) in [5.41, 5.74) is 0. The molecule has 3 atom stereocenters. The van der Waals surface area contributed by atoms with Gasteiger partial charge in [-0.15, -0.1) is 11.6 Å². The molecule has 4 heteroatoms. The molecule has 1 aromatic rings. The first-order valence-corrected chi connectivity index (χ1v) is 5.66. The van der Waals surface area contributed by atoms with Crippen LogP contribution in [0.4, 0.5) is 0 Å². The maximum absolute atomic E-state index is 6.01. The second kappa shape index (κ2) is 4.93. The molecule has 0 heterocycles. The maximum Gasteiger partial charge on any atom is 0.161 e. The first-order chi connectivity index (χ1) is 7.76. The lowest BCUT2D eigenvalue weighted by Crippen LogP contribution is -2.52. The van der Waals surface area contributed by atoms with E-state index in [-0.39, 0.29) is 17.6 Å². The highest BCUT2D eigenvalue weighted by Crippen LogP contribution is 2.35. The van der Waals surface area contributed by atoms with Gasteiger partial charge in [0.15, 0.2) is 11.5 Å². The standard InChI is InChI=1S/C12H15ClO3/c1-14-9-5-3-4-6-10(9)16-11-7-8(13)12(11)15-2/h3-6,8,11-12H,7H2,1-2H3. The van der Waals surface area contributed by atoms with E-state index in [0.29, 0.717) is 0 Å². The van der Waals surface area contributed by atoms with Gasteiger partial charge in [-0.05, 0) is 12.1 Å². The second-order valence-electron chi connectivity index (χ2n) is 3.76. The van der Waals surface area contributed by atoms with Crippen LogP contribution in [0.5, 0.6) is 11.5 Å². The van der Waals surface area contributed by atoms with E-state index in [2.05, 4.69) is 0 Å². The third kappa shape index (κ3) is 2.11. The van der Waals surface area contributed by atoms with Crippen LogP contribution in [0.1, 0.15) is 6.42 Å². The Kier molecular flexibility index (Phi) is 3.56. The van der Waals surface area contributed by atoms with Gasteiger partial charge < -0.3 is 14.2 Å². The predicted octanol–water partition coefficient (Wildman–Crippen LogP) is 2.47. The number of halogens is 1. The molecule has 2 rings (SSSR count). The molecule has 3 unspecified atom stereocenters. The second-order valence-corrected chi connectivity index (χ2v) is 4.32. The van der Waals surface area contributed by atoms with E-state index in [9.17, 15) is 0 Å². The predicted molar refractivity (Wildman–Crippen MR) is 62.5 cm³/mol. The zero-order valence-electron chi connectivity index (χ0n) is 9.35. The minimum atomic E-state index is -0.0356. The number of ether oxygens (including phenoxy) is 3. The van der Waals surface area contributed by atoms with Crippen LogP contribution in [0, 0.1) is 0 Å². The number of methoxy groups -OCH3 is 2. The molecule has 0 radical (unpaired) electrons. The Morgan fingerprint density at radius 2 is 1.88 bits per heavy atom. The minimum absolute atomic E-state index is 0.0174. The molecule has 0 aromatic heterocycles. The Morgan fingerprint density at radius 3 is 2.44 bits per heavy atom. The van der Waals surface area contributed by atoms with Crippen LogP contribution in [0.25, 0.3) is 0 Å². The molecule has 1 fully saturated rings. The van der Waals surface area contributed by atoms with Crippen molar-refractivity contribution in [1.82, 2.24) is 0 Å². The topological polar surface area (TPSA) is 27.7 Å². The van der Waals surface area contributed by atoms with E-state index < -0.39 is 0 Å². The van der Waals surface area contributed by atoms with Gasteiger partial charge in [-0.2, -0.15) is 0 Å². The van der Waals surface area contributed by atoms with Crippen LogP contribution in [0.15, 0.2) is 24.3 Å². The lowest BCUT2D eigenvalue weighted by atomic mass is 9.91. The molecule has 16 heavy (non-hydrogen) atoms. The van der Waals surface area contributed by atoms with Gasteiger partial charge in [0.2, 0.25) is 0 Å². The van der Waals surface area contributed by atoms with Crippen LogP contribution in [-0.2, 0) is 4.74 Å². The average molecular weight is 243 g/mol. The first-order valence-electron chi connectivity index (χ1n) is 5.22. The monoisotopic (exact) mass is 242 g/mol. The van der Waals surface area contributed by atoms with Gasteiger partial charge in [-0.3, -0.25) is 0 Å². The van der Waals surface area contributed by atoms with Gasteiger partial charge >= 0.3 is 0 Å². The zero-order valence-corrected chi connectivity index (χ0v) is 10.1. The molecule has 1 aromatic carbocycles. The summed E-state index contributed by atoms with van der Waals surface area (Å²) in [6, 6.07) is 7.57. The van der Waals surface area contributed by atoms with Crippen molar-refractivity contribution in [3.05, 3.63) is 24.3 Å². The number of rotatable bonds is 4. The molecule has 0 bridgehead atoms. The summed E-state index contributed by atoms with van der Waals surface area (Å²) in [5, 5.41) is 0.0460. The van der Waals surface area contributed by atoms with Crippen LogP contribution < -0.4 is 9.47 Å². The van der Waals surface area contributed by atoms with E-state index >= 15 is 0 Å². The van der Waals surface area contributed by atoms with Crippen LogP contribution in [0.2, 0.25) is 0 Å². The summed E-state index contributed by atoms with van der Waals surface area (Å²) < 4.78 is 16.3.